The van der Waals surface area contributed by atoms with Gasteiger partial charge in [-0.3, -0.25) is 4.98 Å². The topological polar surface area (TPSA) is 64.4 Å². The van der Waals surface area contributed by atoms with Crippen LogP contribution in [0.25, 0.3) is 0 Å². The van der Waals surface area contributed by atoms with Crippen LogP contribution in [0, 0.1) is 6.92 Å². The molecule has 2 aromatic heterocycles. The lowest BCUT2D eigenvalue weighted by atomic mass is 10.2. The van der Waals surface area contributed by atoms with Gasteiger partial charge in [0.2, 0.25) is 5.76 Å². The average Bonchev–Trinajstić information content (AvgIpc) is 2.88. The third kappa shape index (κ3) is 3.20. The Balaban J connectivity index is 1.95. The number of carbonyl (C=O) groups is 1. The molecule has 2 rings (SSSR count). The molecule has 0 fully saturated rings. The molecule has 0 radical (unpaired) electrons. The lowest BCUT2D eigenvalue weighted by molar-refractivity contribution is 0.0563. The molecule has 0 spiro atoms. The van der Waals surface area contributed by atoms with Crippen LogP contribution in [0.2, 0.25) is 0 Å². The smallest absolute Gasteiger partial charge is 0.374 e. The van der Waals surface area contributed by atoms with Crippen molar-refractivity contribution >= 4 is 5.97 Å². The van der Waals surface area contributed by atoms with Crippen LogP contribution in [0.4, 0.5) is 0 Å². The molecule has 0 aliphatic carbocycles. The second-order valence-electron chi connectivity index (χ2n) is 4.14. The second-order valence-corrected chi connectivity index (χ2v) is 4.14. The first-order valence-corrected chi connectivity index (χ1v) is 5.98. The van der Waals surface area contributed by atoms with Crippen LogP contribution < -0.4 is 5.32 Å². The highest BCUT2D eigenvalue weighted by Crippen LogP contribution is 2.12. The minimum Gasteiger partial charge on any atom is -0.463 e. The zero-order chi connectivity index (χ0) is 13.7. The molecule has 0 bridgehead atoms. The molecule has 0 aromatic carbocycles. The summed E-state index contributed by atoms with van der Waals surface area (Å²) in [5.41, 5.74) is 2.90. The van der Waals surface area contributed by atoms with Crippen LogP contribution in [-0.2, 0) is 17.8 Å². The lowest BCUT2D eigenvalue weighted by Crippen LogP contribution is -2.16. The van der Waals surface area contributed by atoms with E-state index < -0.39 is 5.97 Å². The van der Waals surface area contributed by atoms with Crippen LogP contribution in [0.5, 0.6) is 0 Å². The molecular weight excluding hydrogens is 244 g/mol. The van der Waals surface area contributed by atoms with Gasteiger partial charge in [-0.25, -0.2) is 4.79 Å². The summed E-state index contributed by atoms with van der Waals surface area (Å²) < 4.78 is 9.76. The van der Waals surface area contributed by atoms with Crippen molar-refractivity contribution in [3.8, 4) is 0 Å². The molecule has 0 atom stereocenters. The Morgan fingerprint density at radius 3 is 3.00 bits per heavy atom. The van der Waals surface area contributed by atoms with E-state index in [2.05, 4.69) is 15.0 Å². The van der Waals surface area contributed by atoms with Crippen molar-refractivity contribution < 1.29 is 13.9 Å². The zero-order valence-corrected chi connectivity index (χ0v) is 11.0. The number of furan rings is 1. The van der Waals surface area contributed by atoms with Crippen molar-refractivity contribution in [1.29, 1.82) is 0 Å². The predicted molar refractivity (Wildman–Crippen MR) is 69.6 cm³/mol. The number of ether oxygens (including phenoxy) is 1. The van der Waals surface area contributed by atoms with E-state index in [1.54, 1.807) is 12.3 Å². The highest BCUT2D eigenvalue weighted by Gasteiger charge is 2.15. The largest absolute Gasteiger partial charge is 0.463 e. The molecule has 100 valence electrons. The van der Waals surface area contributed by atoms with Crippen LogP contribution in [-0.4, -0.2) is 18.1 Å². The first kappa shape index (κ1) is 13.3. The van der Waals surface area contributed by atoms with Gasteiger partial charge in [0.05, 0.1) is 19.1 Å². The molecule has 0 saturated carbocycles. The molecule has 1 N–H and O–H groups in total. The van der Waals surface area contributed by atoms with E-state index in [1.165, 1.54) is 13.4 Å². The molecule has 5 heteroatoms. The molecule has 19 heavy (non-hydrogen) atoms. The quantitative estimate of drug-likeness (QED) is 0.834. The number of methoxy groups -OCH3 is 1. The van der Waals surface area contributed by atoms with Crippen molar-refractivity contribution in [2.24, 2.45) is 0 Å². The summed E-state index contributed by atoms with van der Waals surface area (Å²) >= 11 is 0. The van der Waals surface area contributed by atoms with Gasteiger partial charge in [-0.15, -0.1) is 0 Å². The maximum Gasteiger partial charge on any atom is 0.374 e. The van der Waals surface area contributed by atoms with Crippen molar-refractivity contribution in [3.63, 3.8) is 0 Å². The Morgan fingerprint density at radius 1 is 1.42 bits per heavy atom. The first-order valence-electron chi connectivity index (χ1n) is 5.98. The van der Waals surface area contributed by atoms with Crippen LogP contribution >= 0.6 is 0 Å². The fourth-order valence-corrected chi connectivity index (χ4v) is 1.77. The Morgan fingerprint density at radius 2 is 2.26 bits per heavy atom. The maximum atomic E-state index is 11.4. The third-order valence-electron chi connectivity index (χ3n) is 2.84. The number of nitrogens with zero attached hydrogens (tertiary/aromatic N) is 1. The number of aryl methyl sites for hydroxylation is 1. The Kier molecular flexibility index (Phi) is 4.30. The Hall–Kier alpha value is -2.14. The molecule has 2 aromatic rings. The molecule has 5 nitrogen and oxygen atoms in total. The number of esters is 1. The number of aromatic nitrogens is 1. The summed E-state index contributed by atoms with van der Waals surface area (Å²) in [4.78, 5) is 15.7. The second kappa shape index (κ2) is 6.15. The van der Waals surface area contributed by atoms with Gasteiger partial charge in [0.15, 0.2) is 0 Å². The van der Waals surface area contributed by atoms with E-state index in [9.17, 15) is 4.79 Å². The normalized spacial score (nSPS) is 10.4. The summed E-state index contributed by atoms with van der Waals surface area (Å²) in [6, 6.07) is 5.68. The van der Waals surface area contributed by atoms with E-state index in [1.807, 2.05) is 19.1 Å². The van der Waals surface area contributed by atoms with E-state index >= 15 is 0 Å². The number of rotatable bonds is 5. The zero-order valence-electron chi connectivity index (χ0n) is 11.0. The Bertz CT molecular complexity index is 563. The van der Waals surface area contributed by atoms with Crippen molar-refractivity contribution in [2.75, 3.05) is 7.11 Å². The lowest BCUT2D eigenvalue weighted by Gasteiger charge is -2.06. The summed E-state index contributed by atoms with van der Waals surface area (Å²) in [6.07, 6.45) is 3.25. The predicted octanol–water partition coefficient (Wildman–Crippen LogP) is 2.06. The Labute approximate surface area is 111 Å². The van der Waals surface area contributed by atoms with Crippen LogP contribution in [0.15, 0.2) is 35.1 Å². The number of carbonyl (C=O) groups excluding carboxylic acids is 1. The number of hydrogen-bond donors (Lipinski definition) is 1. The van der Waals surface area contributed by atoms with Gasteiger partial charge in [-0.1, -0.05) is 6.07 Å². The van der Waals surface area contributed by atoms with E-state index in [0.29, 0.717) is 13.1 Å². The fraction of sp³-hybridized carbons (Fsp3) is 0.286. The van der Waals surface area contributed by atoms with Gasteiger partial charge >= 0.3 is 5.97 Å². The van der Waals surface area contributed by atoms with Gasteiger partial charge in [0, 0.05) is 24.8 Å². The van der Waals surface area contributed by atoms with Gasteiger partial charge in [0.1, 0.15) is 0 Å². The SMILES string of the molecule is COC(=O)c1occc1CNCc1ncccc1C. The third-order valence-corrected chi connectivity index (χ3v) is 2.84. The molecular formula is C14H16N2O3. The van der Waals surface area contributed by atoms with Crippen molar-refractivity contribution in [2.45, 2.75) is 20.0 Å². The van der Waals surface area contributed by atoms with Gasteiger partial charge < -0.3 is 14.5 Å². The minimum atomic E-state index is -0.462. The fourth-order valence-electron chi connectivity index (χ4n) is 1.77. The maximum absolute atomic E-state index is 11.4. The van der Waals surface area contributed by atoms with Crippen LogP contribution in [0.1, 0.15) is 27.4 Å². The average molecular weight is 260 g/mol. The molecule has 2 heterocycles. The summed E-state index contributed by atoms with van der Waals surface area (Å²) in [7, 11) is 1.33. The molecule has 0 unspecified atom stereocenters. The molecule has 0 aliphatic rings. The highest BCUT2D eigenvalue weighted by molar-refractivity contribution is 5.87. The highest BCUT2D eigenvalue weighted by atomic mass is 16.5. The monoisotopic (exact) mass is 260 g/mol. The number of pyridine rings is 1. The molecule has 0 amide bonds. The summed E-state index contributed by atoms with van der Waals surface area (Å²) in [5.74, 6) is -0.219. The minimum absolute atomic E-state index is 0.243. The first-order chi connectivity index (χ1) is 9.22. The number of hydrogen-bond acceptors (Lipinski definition) is 5. The van der Waals surface area contributed by atoms with Crippen molar-refractivity contribution in [3.05, 3.63) is 53.2 Å². The summed E-state index contributed by atoms with van der Waals surface area (Å²) in [5, 5.41) is 3.23. The number of nitrogens with one attached hydrogen (secondary N) is 1. The van der Waals surface area contributed by atoms with E-state index in [-0.39, 0.29) is 5.76 Å². The summed E-state index contributed by atoms with van der Waals surface area (Å²) in [6.45, 7) is 3.18. The van der Waals surface area contributed by atoms with Gasteiger partial charge in [-0.2, -0.15) is 0 Å². The molecule has 0 aliphatic heterocycles. The van der Waals surface area contributed by atoms with Crippen molar-refractivity contribution in [1.82, 2.24) is 10.3 Å². The standard InChI is InChI=1S/C14H16N2O3/c1-10-4-3-6-16-12(10)9-15-8-11-5-7-19-13(11)14(17)18-2/h3-7,15H,8-9H2,1-2H3. The van der Waals surface area contributed by atoms with E-state index in [0.717, 1.165) is 16.8 Å². The van der Waals surface area contributed by atoms with Gasteiger partial charge in [-0.05, 0) is 24.6 Å². The van der Waals surface area contributed by atoms with Crippen LogP contribution in [0.3, 0.4) is 0 Å². The van der Waals surface area contributed by atoms with Gasteiger partial charge in [0.25, 0.3) is 0 Å². The van der Waals surface area contributed by atoms with E-state index in [4.69, 9.17) is 4.42 Å². The molecule has 0 saturated heterocycles.